The van der Waals surface area contributed by atoms with E-state index in [1.54, 1.807) is 6.20 Å². The molecule has 1 rings (SSSR count). The maximum Gasteiger partial charge on any atom is 0.0621 e. The third kappa shape index (κ3) is 5.50. The molecule has 1 unspecified atom stereocenters. The molecule has 84 valence electrons. The van der Waals surface area contributed by atoms with Gasteiger partial charge in [-0.3, -0.25) is 4.98 Å². The van der Waals surface area contributed by atoms with Crippen LogP contribution >= 0.6 is 0 Å². The van der Waals surface area contributed by atoms with E-state index in [-0.39, 0.29) is 12.1 Å². The molecular formula is C12H20N2O. The van der Waals surface area contributed by atoms with Crippen LogP contribution < -0.4 is 5.73 Å². The van der Waals surface area contributed by atoms with Gasteiger partial charge in [-0.1, -0.05) is 6.07 Å². The van der Waals surface area contributed by atoms with E-state index in [1.807, 2.05) is 26.1 Å². The summed E-state index contributed by atoms with van der Waals surface area (Å²) in [6, 6.07) is 4.14. The minimum atomic E-state index is 0.118. The van der Waals surface area contributed by atoms with E-state index in [2.05, 4.69) is 11.1 Å². The first-order chi connectivity index (χ1) is 7.18. The first-order valence-corrected chi connectivity index (χ1v) is 5.44. The molecule has 0 saturated heterocycles. The van der Waals surface area contributed by atoms with Crippen molar-refractivity contribution in [3.8, 4) is 0 Å². The molecule has 0 bridgehead atoms. The Balaban J connectivity index is 2.19. The van der Waals surface area contributed by atoms with Gasteiger partial charge in [0.15, 0.2) is 0 Å². The van der Waals surface area contributed by atoms with E-state index in [1.165, 1.54) is 5.56 Å². The van der Waals surface area contributed by atoms with E-state index in [9.17, 15) is 0 Å². The van der Waals surface area contributed by atoms with E-state index in [0.717, 1.165) is 12.8 Å². The van der Waals surface area contributed by atoms with E-state index in [4.69, 9.17) is 10.5 Å². The molecule has 1 heterocycles. The van der Waals surface area contributed by atoms with Gasteiger partial charge in [0.2, 0.25) is 0 Å². The molecule has 3 heteroatoms. The summed E-state index contributed by atoms with van der Waals surface area (Å²) in [5.74, 6) is 0. The van der Waals surface area contributed by atoms with Crippen LogP contribution in [0.25, 0.3) is 0 Å². The lowest BCUT2D eigenvalue weighted by Crippen LogP contribution is -2.28. The summed E-state index contributed by atoms with van der Waals surface area (Å²) in [5.41, 5.74) is 7.16. The molecule has 2 N–H and O–H groups in total. The molecular weight excluding hydrogens is 188 g/mol. The minimum Gasteiger partial charge on any atom is -0.377 e. The van der Waals surface area contributed by atoms with Crippen molar-refractivity contribution in [3.63, 3.8) is 0 Å². The molecule has 0 aliphatic carbocycles. The van der Waals surface area contributed by atoms with Gasteiger partial charge in [-0.25, -0.2) is 0 Å². The third-order valence-electron chi connectivity index (χ3n) is 2.17. The predicted octanol–water partition coefficient (Wildman–Crippen LogP) is 1.77. The second kappa shape index (κ2) is 6.53. The summed E-state index contributed by atoms with van der Waals surface area (Å²) in [7, 11) is 0. The first-order valence-electron chi connectivity index (χ1n) is 5.44. The Kier molecular flexibility index (Phi) is 5.29. The number of nitrogens with two attached hydrogens (primary N) is 1. The Morgan fingerprint density at radius 1 is 1.47 bits per heavy atom. The summed E-state index contributed by atoms with van der Waals surface area (Å²) >= 11 is 0. The first kappa shape index (κ1) is 12.1. The minimum absolute atomic E-state index is 0.118. The largest absolute Gasteiger partial charge is 0.377 e. The van der Waals surface area contributed by atoms with Crippen molar-refractivity contribution < 1.29 is 4.74 Å². The van der Waals surface area contributed by atoms with Crippen LogP contribution in [-0.4, -0.2) is 23.7 Å². The zero-order valence-corrected chi connectivity index (χ0v) is 9.52. The Bertz CT molecular complexity index is 262. The number of nitrogens with zero attached hydrogens (tertiary/aromatic N) is 1. The smallest absolute Gasteiger partial charge is 0.0621 e. The topological polar surface area (TPSA) is 48.1 Å². The zero-order valence-electron chi connectivity index (χ0n) is 9.52. The van der Waals surface area contributed by atoms with Crippen LogP contribution in [0.5, 0.6) is 0 Å². The number of hydrogen-bond acceptors (Lipinski definition) is 3. The standard InChI is InChI=1S/C12H20N2O/c1-10(2)15-9-12(13)6-5-11-4-3-7-14-8-11/h3-4,7-8,10,12H,5-6,9,13H2,1-2H3. The van der Waals surface area contributed by atoms with Crippen LogP contribution in [0.15, 0.2) is 24.5 Å². The van der Waals surface area contributed by atoms with Crippen molar-refractivity contribution in [1.82, 2.24) is 4.98 Å². The second-order valence-electron chi connectivity index (χ2n) is 4.04. The van der Waals surface area contributed by atoms with E-state index >= 15 is 0 Å². The monoisotopic (exact) mass is 208 g/mol. The van der Waals surface area contributed by atoms with Gasteiger partial charge in [0.25, 0.3) is 0 Å². The molecule has 0 fully saturated rings. The van der Waals surface area contributed by atoms with Gasteiger partial charge in [0.05, 0.1) is 12.7 Å². The van der Waals surface area contributed by atoms with E-state index < -0.39 is 0 Å². The Labute approximate surface area is 91.7 Å². The quantitative estimate of drug-likeness (QED) is 0.775. The Hall–Kier alpha value is -0.930. The maximum atomic E-state index is 5.92. The van der Waals surface area contributed by atoms with Crippen molar-refractivity contribution >= 4 is 0 Å². The van der Waals surface area contributed by atoms with Crippen molar-refractivity contribution in [2.45, 2.75) is 38.8 Å². The lowest BCUT2D eigenvalue weighted by Gasteiger charge is -2.13. The molecule has 1 aromatic heterocycles. The molecule has 0 aromatic carbocycles. The number of pyridine rings is 1. The molecule has 0 aliphatic heterocycles. The molecule has 0 aliphatic rings. The van der Waals surface area contributed by atoms with Gasteiger partial charge in [0, 0.05) is 18.4 Å². The van der Waals surface area contributed by atoms with Crippen molar-refractivity contribution in [2.75, 3.05) is 6.61 Å². The second-order valence-corrected chi connectivity index (χ2v) is 4.04. The van der Waals surface area contributed by atoms with Crippen molar-refractivity contribution in [2.24, 2.45) is 5.73 Å². The molecule has 0 amide bonds. The Morgan fingerprint density at radius 2 is 2.27 bits per heavy atom. The number of hydrogen-bond donors (Lipinski definition) is 1. The van der Waals surface area contributed by atoms with Gasteiger partial charge < -0.3 is 10.5 Å². The fraction of sp³-hybridized carbons (Fsp3) is 0.583. The molecule has 0 saturated carbocycles. The zero-order chi connectivity index (χ0) is 11.1. The lowest BCUT2D eigenvalue weighted by atomic mass is 10.1. The van der Waals surface area contributed by atoms with Crippen LogP contribution in [0.3, 0.4) is 0 Å². The molecule has 0 radical (unpaired) electrons. The van der Waals surface area contributed by atoms with Crippen LogP contribution in [0.4, 0.5) is 0 Å². The molecule has 1 aromatic rings. The summed E-state index contributed by atoms with van der Waals surface area (Å²) < 4.78 is 5.45. The molecule has 1 atom stereocenters. The normalized spacial score (nSPS) is 13.1. The third-order valence-corrected chi connectivity index (χ3v) is 2.17. The number of aryl methyl sites for hydroxylation is 1. The number of rotatable bonds is 6. The van der Waals surface area contributed by atoms with Crippen LogP contribution in [0, 0.1) is 0 Å². The number of aromatic nitrogens is 1. The summed E-state index contributed by atoms with van der Waals surface area (Å²) in [6.07, 6.45) is 5.84. The SMILES string of the molecule is CC(C)OCC(N)CCc1cccnc1. The lowest BCUT2D eigenvalue weighted by molar-refractivity contribution is 0.0670. The average molecular weight is 208 g/mol. The van der Waals surface area contributed by atoms with Gasteiger partial charge >= 0.3 is 0 Å². The van der Waals surface area contributed by atoms with Crippen molar-refractivity contribution in [1.29, 1.82) is 0 Å². The fourth-order valence-corrected chi connectivity index (χ4v) is 1.30. The highest BCUT2D eigenvalue weighted by Crippen LogP contribution is 2.03. The molecule has 0 spiro atoms. The number of ether oxygens (including phenoxy) is 1. The highest BCUT2D eigenvalue weighted by atomic mass is 16.5. The maximum absolute atomic E-state index is 5.92. The van der Waals surface area contributed by atoms with Crippen LogP contribution in [0.1, 0.15) is 25.8 Å². The van der Waals surface area contributed by atoms with Gasteiger partial charge in [-0.2, -0.15) is 0 Å². The molecule has 15 heavy (non-hydrogen) atoms. The predicted molar refractivity (Wildman–Crippen MR) is 61.6 cm³/mol. The van der Waals surface area contributed by atoms with Crippen LogP contribution in [0.2, 0.25) is 0 Å². The molecule has 3 nitrogen and oxygen atoms in total. The highest BCUT2D eigenvalue weighted by molar-refractivity contribution is 5.08. The fourth-order valence-electron chi connectivity index (χ4n) is 1.30. The highest BCUT2D eigenvalue weighted by Gasteiger charge is 2.04. The van der Waals surface area contributed by atoms with Gasteiger partial charge in [-0.05, 0) is 38.3 Å². The average Bonchev–Trinajstić information content (AvgIpc) is 2.25. The summed E-state index contributed by atoms with van der Waals surface area (Å²) in [4.78, 5) is 4.06. The van der Waals surface area contributed by atoms with E-state index in [0.29, 0.717) is 6.61 Å². The summed E-state index contributed by atoms with van der Waals surface area (Å²) in [5, 5.41) is 0. The van der Waals surface area contributed by atoms with Gasteiger partial charge in [0.1, 0.15) is 0 Å². The summed E-state index contributed by atoms with van der Waals surface area (Å²) in [6.45, 7) is 4.68. The van der Waals surface area contributed by atoms with Gasteiger partial charge in [-0.15, -0.1) is 0 Å². The van der Waals surface area contributed by atoms with Crippen molar-refractivity contribution in [3.05, 3.63) is 30.1 Å². The van der Waals surface area contributed by atoms with Crippen LogP contribution in [-0.2, 0) is 11.2 Å². The Morgan fingerprint density at radius 3 is 2.87 bits per heavy atom.